The Morgan fingerprint density at radius 3 is 2.42 bits per heavy atom. The van der Waals surface area contributed by atoms with Gasteiger partial charge in [-0.05, 0) is 61.2 Å². The lowest BCUT2D eigenvalue weighted by Crippen LogP contribution is -2.40. The van der Waals surface area contributed by atoms with Crippen LogP contribution in [0.3, 0.4) is 0 Å². The highest BCUT2D eigenvalue weighted by Gasteiger charge is 2.27. The van der Waals surface area contributed by atoms with Crippen LogP contribution in [0.25, 0.3) is 0 Å². The second-order valence-electron chi connectivity index (χ2n) is 6.70. The highest BCUT2D eigenvalue weighted by Crippen LogP contribution is 2.23. The Bertz CT molecular complexity index is 780. The first-order valence-corrected chi connectivity index (χ1v) is 9.67. The zero-order valence-corrected chi connectivity index (χ0v) is 16.1. The number of amides is 1. The van der Waals surface area contributed by atoms with E-state index in [-0.39, 0.29) is 23.4 Å². The number of ketones is 1. The van der Waals surface area contributed by atoms with Gasteiger partial charge in [0.2, 0.25) is 5.91 Å². The molecule has 2 aromatic carbocycles. The Morgan fingerprint density at radius 1 is 1.08 bits per heavy atom. The number of hydrogen-bond donors (Lipinski definition) is 1. The number of benzene rings is 2. The molecule has 1 heterocycles. The number of carbonyl (C=O) groups excluding carboxylic acids is 2. The van der Waals surface area contributed by atoms with Crippen LogP contribution in [0.1, 0.15) is 35.2 Å². The quantitative estimate of drug-likeness (QED) is 0.743. The van der Waals surface area contributed by atoms with Gasteiger partial charge < -0.3 is 10.0 Å². The molecule has 0 saturated carbocycles. The van der Waals surface area contributed by atoms with Crippen molar-refractivity contribution in [1.29, 1.82) is 0 Å². The molecule has 4 nitrogen and oxygen atoms in total. The maximum atomic E-state index is 12.5. The van der Waals surface area contributed by atoms with Gasteiger partial charge in [0, 0.05) is 35.5 Å². The first-order valence-electron chi connectivity index (χ1n) is 8.88. The Labute approximate surface area is 162 Å². The van der Waals surface area contributed by atoms with Gasteiger partial charge in [-0.3, -0.25) is 9.59 Å². The topological polar surface area (TPSA) is 57.6 Å². The summed E-state index contributed by atoms with van der Waals surface area (Å²) in [7, 11) is 0. The molecule has 0 unspecified atom stereocenters. The summed E-state index contributed by atoms with van der Waals surface area (Å²) >= 11 is 3.45. The van der Waals surface area contributed by atoms with Crippen LogP contribution in [0.2, 0.25) is 0 Å². The van der Waals surface area contributed by atoms with Crippen molar-refractivity contribution in [3.8, 4) is 5.75 Å². The molecule has 1 saturated heterocycles. The van der Waals surface area contributed by atoms with Crippen LogP contribution in [-0.2, 0) is 11.2 Å². The van der Waals surface area contributed by atoms with Gasteiger partial charge in [-0.25, -0.2) is 0 Å². The first-order chi connectivity index (χ1) is 12.5. The Morgan fingerprint density at radius 2 is 1.77 bits per heavy atom. The van der Waals surface area contributed by atoms with Crippen molar-refractivity contribution in [2.45, 2.75) is 25.7 Å². The van der Waals surface area contributed by atoms with E-state index in [1.54, 1.807) is 12.1 Å². The number of aromatic hydroxyl groups is 1. The summed E-state index contributed by atoms with van der Waals surface area (Å²) < 4.78 is 1.02. The van der Waals surface area contributed by atoms with Crippen molar-refractivity contribution >= 4 is 27.6 Å². The monoisotopic (exact) mass is 415 g/mol. The number of phenolic OH excluding ortho intramolecular Hbond substituents is 1. The smallest absolute Gasteiger partial charge is 0.222 e. The van der Waals surface area contributed by atoms with E-state index >= 15 is 0 Å². The van der Waals surface area contributed by atoms with Crippen LogP contribution in [0, 0.1) is 5.92 Å². The fourth-order valence-corrected chi connectivity index (χ4v) is 3.80. The summed E-state index contributed by atoms with van der Waals surface area (Å²) in [5.74, 6) is 0.368. The number of nitrogens with zero attached hydrogens (tertiary/aromatic N) is 1. The third-order valence-corrected chi connectivity index (χ3v) is 5.38. The third-order valence-electron chi connectivity index (χ3n) is 4.89. The predicted molar refractivity (Wildman–Crippen MR) is 104 cm³/mol. The van der Waals surface area contributed by atoms with Gasteiger partial charge in [0.25, 0.3) is 0 Å². The van der Waals surface area contributed by atoms with Crippen molar-refractivity contribution < 1.29 is 14.7 Å². The zero-order valence-electron chi connectivity index (χ0n) is 14.5. The van der Waals surface area contributed by atoms with Gasteiger partial charge >= 0.3 is 0 Å². The molecule has 26 heavy (non-hydrogen) atoms. The van der Waals surface area contributed by atoms with Crippen molar-refractivity contribution in [2.75, 3.05) is 13.1 Å². The summed E-state index contributed by atoms with van der Waals surface area (Å²) in [6, 6.07) is 14.4. The van der Waals surface area contributed by atoms with Crippen molar-refractivity contribution in [1.82, 2.24) is 4.90 Å². The minimum absolute atomic E-state index is 0.0475. The van der Waals surface area contributed by atoms with Gasteiger partial charge in [0.1, 0.15) is 5.75 Å². The van der Waals surface area contributed by atoms with E-state index in [2.05, 4.69) is 15.9 Å². The molecule has 0 spiro atoms. The third kappa shape index (κ3) is 4.73. The van der Waals surface area contributed by atoms with E-state index in [0.29, 0.717) is 37.9 Å². The van der Waals surface area contributed by atoms with Gasteiger partial charge in [-0.1, -0.05) is 28.1 Å². The number of phenols is 1. The van der Waals surface area contributed by atoms with Gasteiger partial charge in [-0.15, -0.1) is 0 Å². The number of hydrogen-bond acceptors (Lipinski definition) is 3. The SMILES string of the molecule is O=C(c1ccc(O)cc1)C1CCN(C(=O)CCc2cccc(Br)c2)CC1. The van der Waals surface area contributed by atoms with Crippen LogP contribution >= 0.6 is 15.9 Å². The summed E-state index contributed by atoms with van der Waals surface area (Å²) in [5.41, 5.74) is 1.77. The second kappa shape index (κ2) is 8.49. The standard InChI is InChI=1S/C21H22BrNO3/c22-18-3-1-2-15(14-18)4-9-20(25)23-12-10-17(11-13-23)21(26)16-5-7-19(24)8-6-16/h1-3,5-8,14,17,24H,4,9-13H2. The average Bonchev–Trinajstić information content (AvgIpc) is 2.66. The highest BCUT2D eigenvalue weighted by molar-refractivity contribution is 9.10. The average molecular weight is 416 g/mol. The maximum Gasteiger partial charge on any atom is 0.222 e. The Kier molecular flexibility index (Phi) is 6.09. The minimum Gasteiger partial charge on any atom is -0.508 e. The highest BCUT2D eigenvalue weighted by atomic mass is 79.9. The lowest BCUT2D eigenvalue weighted by atomic mass is 9.88. The van der Waals surface area contributed by atoms with Gasteiger partial charge in [0.15, 0.2) is 5.78 Å². The molecule has 0 bridgehead atoms. The van der Waals surface area contributed by atoms with E-state index in [0.717, 1.165) is 16.5 Å². The fraction of sp³-hybridized carbons (Fsp3) is 0.333. The fourth-order valence-electron chi connectivity index (χ4n) is 3.35. The van der Waals surface area contributed by atoms with Gasteiger partial charge in [-0.2, -0.15) is 0 Å². The van der Waals surface area contributed by atoms with Crippen molar-refractivity contribution in [3.05, 3.63) is 64.1 Å². The molecule has 1 aliphatic heterocycles. The molecule has 5 heteroatoms. The first kappa shape index (κ1) is 18.6. The summed E-state index contributed by atoms with van der Waals surface area (Å²) in [4.78, 5) is 26.9. The largest absolute Gasteiger partial charge is 0.508 e. The number of aryl methyl sites for hydroxylation is 1. The van der Waals surface area contributed by atoms with E-state index < -0.39 is 0 Å². The molecule has 0 atom stereocenters. The van der Waals surface area contributed by atoms with Gasteiger partial charge in [0.05, 0.1) is 0 Å². The van der Waals surface area contributed by atoms with Crippen molar-refractivity contribution in [3.63, 3.8) is 0 Å². The molecular formula is C21H22BrNO3. The number of piperidine rings is 1. The van der Waals surface area contributed by atoms with Crippen LogP contribution in [-0.4, -0.2) is 34.8 Å². The van der Waals surface area contributed by atoms with Crippen LogP contribution in [0.5, 0.6) is 5.75 Å². The molecule has 0 radical (unpaired) electrons. The molecule has 1 fully saturated rings. The van der Waals surface area contributed by atoms with E-state index in [9.17, 15) is 14.7 Å². The molecular weight excluding hydrogens is 394 g/mol. The lowest BCUT2D eigenvalue weighted by Gasteiger charge is -2.31. The number of halogens is 1. The van der Waals surface area contributed by atoms with Crippen LogP contribution < -0.4 is 0 Å². The molecule has 0 aliphatic carbocycles. The molecule has 1 aliphatic rings. The van der Waals surface area contributed by atoms with E-state index in [4.69, 9.17) is 0 Å². The number of likely N-dealkylation sites (tertiary alicyclic amines) is 1. The molecule has 1 N–H and O–H groups in total. The number of rotatable bonds is 5. The van der Waals surface area contributed by atoms with Crippen LogP contribution in [0.15, 0.2) is 53.0 Å². The molecule has 136 valence electrons. The minimum atomic E-state index is -0.0475. The molecule has 3 rings (SSSR count). The second-order valence-corrected chi connectivity index (χ2v) is 7.61. The lowest BCUT2D eigenvalue weighted by molar-refractivity contribution is -0.132. The zero-order chi connectivity index (χ0) is 18.5. The number of carbonyl (C=O) groups is 2. The summed E-state index contributed by atoms with van der Waals surface area (Å²) in [6.45, 7) is 1.26. The predicted octanol–water partition coefficient (Wildman–Crippen LogP) is 4.21. The van der Waals surface area contributed by atoms with Crippen LogP contribution in [0.4, 0.5) is 0 Å². The Hall–Kier alpha value is -2.14. The summed E-state index contributed by atoms with van der Waals surface area (Å²) in [6.07, 6.45) is 2.61. The number of Topliss-reactive ketones (excluding diaryl/α,β-unsaturated/α-hetero) is 1. The normalized spacial score (nSPS) is 15.0. The Balaban J connectivity index is 1.49. The van der Waals surface area contributed by atoms with Crippen molar-refractivity contribution in [2.24, 2.45) is 5.92 Å². The molecule has 0 aromatic heterocycles. The molecule has 1 amide bonds. The van der Waals surface area contributed by atoms with E-state index in [1.807, 2.05) is 29.2 Å². The maximum absolute atomic E-state index is 12.5. The van der Waals surface area contributed by atoms with E-state index in [1.165, 1.54) is 12.1 Å². The molecule has 2 aromatic rings. The summed E-state index contributed by atoms with van der Waals surface area (Å²) in [5, 5.41) is 9.33.